The number of rotatable bonds is 4. The molecule has 1 aromatic heterocycles. The van der Waals surface area contributed by atoms with E-state index in [0.29, 0.717) is 5.92 Å². The Morgan fingerprint density at radius 2 is 1.83 bits per heavy atom. The Bertz CT molecular complexity index is 837. The van der Waals surface area contributed by atoms with E-state index in [-0.39, 0.29) is 18.3 Å². The topological polar surface area (TPSA) is 63.1 Å². The fourth-order valence-corrected chi connectivity index (χ4v) is 4.43. The lowest BCUT2D eigenvalue weighted by molar-refractivity contribution is -0.137. The molecular formula is C22H32ClN5O. The first kappa shape index (κ1) is 21.8. The molecule has 0 spiro atoms. The molecule has 4 rings (SSSR count). The molecule has 2 aliphatic rings. The second-order valence-corrected chi connectivity index (χ2v) is 8.54. The Morgan fingerprint density at radius 1 is 1.14 bits per heavy atom. The first-order chi connectivity index (χ1) is 13.5. The van der Waals surface area contributed by atoms with Crippen molar-refractivity contribution in [3.05, 3.63) is 47.0 Å². The van der Waals surface area contributed by atoms with Gasteiger partial charge in [0.1, 0.15) is 11.6 Å². The van der Waals surface area contributed by atoms with Crippen LogP contribution in [0.25, 0.3) is 0 Å². The van der Waals surface area contributed by atoms with Gasteiger partial charge in [-0.2, -0.15) is 0 Å². The van der Waals surface area contributed by atoms with Gasteiger partial charge >= 0.3 is 0 Å². The van der Waals surface area contributed by atoms with Crippen LogP contribution in [0.5, 0.6) is 0 Å². The molecule has 1 fully saturated rings. The minimum Gasteiger partial charge on any atom is -0.342 e. The largest absolute Gasteiger partial charge is 0.342 e. The highest BCUT2D eigenvalue weighted by Gasteiger charge is 2.36. The predicted octanol–water partition coefficient (Wildman–Crippen LogP) is 3.05. The first-order valence-electron chi connectivity index (χ1n) is 10.5. The summed E-state index contributed by atoms with van der Waals surface area (Å²) in [5, 5.41) is 12.2. The zero-order valence-corrected chi connectivity index (χ0v) is 18.5. The Kier molecular flexibility index (Phi) is 6.64. The van der Waals surface area contributed by atoms with E-state index in [1.165, 1.54) is 5.56 Å². The van der Waals surface area contributed by atoms with Gasteiger partial charge in [0.25, 0.3) is 0 Å². The first-order valence-corrected chi connectivity index (χ1v) is 10.5. The van der Waals surface area contributed by atoms with Crippen molar-refractivity contribution in [3.8, 4) is 0 Å². The molecule has 0 aliphatic carbocycles. The molecule has 158 valence electrons. The highest BCUT2D eigenvalue weighted by Crippen LogP contribution is 2.32. The second kappa shape index (κ2) is 8.84. The summed E-state index contributed by atoms with van der Waals surface area (Å²) in [6.07, 6.45) is 2.94. The lowest BCUT2D eigenvalue weighted by atomic mass is 9.82. The van der Waals surface area contributed by atoms with Gasteiger partial charge in [-0.25, -0.2) is 0 Å². The van der Waals surface area contributed by atoms with Crippen molar-refractivity contribution >= 4 is 18.3 Å². The van der Waals surface area contributed by atoms with Gasteiger partial charge in [0, 0.05) is 32.1 Å². The quantitative estimate of drug-likeness (QED) is 0.830. The number of carbonyl (C=O) groups excluding carboxylic acids is 1. The summed E-state index contributed by atoms with van der Waals surface area (Å²) >= 11 is 0. The van der Waals surface area contributed by atoms with Crippen LogP contribution in [0, 0.1) is 0 Å². The van der Waals surface area contributed by atoms with Gasteiger partial charge in [0.05, 0.1) is 12.0 Å². The number of amides is 1. The number of hydrogen-bond donors (Lipinski definition) is 1. The molecule has 7 heteroatoms. The summed E-state index contributed by atoms with van der Waals surface area (Å²) in [6, 6.07) is 8.50. The van der Waals surface area contributed by atoms with E-state index in [2.05, 4.69) is 51.3 Å². The van der Waals surface area contributed by atoms with Gasteiger partial charge in [-0.3, -0.25) is 4.79 Å². The average molecular weight is 418 g/mol. The molecule has 1 aromatic carbocycles. The minimum atomic E-state index is -0.501. The number of benzene rings is 1. The molecule has 0 radical (unpaired) electrons. The molecule has 1 saturated heterocycles. The summed E-state index contributed by atoms with van der Waals surface area (Å²) in [5.74, 6) is 2.77. The summed E-state index contributed by atoms with van der Waals surface area (Å²) in [4.78, 5) is 15.3. The number of aryl methyl sites for hydroxylation is 1. The van der Waals surface area contributed by atoms with Gasteiger partial charge in [0.2, 0.25) is 5.91 Å². The van der Waals surface area contributed by atoms with Crippen LogP contribution in [-0.4, -0.2) is 45.2 Å². The minimum absolute atomic E-state index is 0. The van der Waals surface area contributed by atoms with Crippen LogP contribution < -0.4 is 5.32 Å². The molecule has 1 N–H and O–H groups in total. The zero-order chi connectivity index (χ0) is 19.7. The van der Waals surface area contributed by atoms with Crippen molar-refractivity contribution in [1.29, 1.82) is 0 Å². The van der Waals surface area contributed by atoms with Crippen LogP contribution >= 0.6 is 12.4 Å². The number of fused-ring (bicyclic) bond motifs is 1. The van der Waals surface area contributed by atoms with Gasteiger partial charge in [-0.05, 0) is 44.2 Å². The smallest absolute Gasteiger partial charge is 0.232 e. The van der Waals surface area contributed by atoms with E-state index < -0.39 is 5.41 Å². The molecule has 3 heterocycles. The highest BCUT2D eigenvalue weighted by atomic mass is 35.5. The molecule has 0 saturated carbocycles. The lowest BCUT2D eigenvalue weighted by Crippen LogP contribution is -2.47. The Balaban J connectivity index is 0.00000240. The Labute approximate surface area is 179 Å². The standard InChI is InChI=1S/C22H31N5O.ClH/c1-4-16-5-7-18(8-6-16)22(2,3)21(28)26-12-9-17(10-13-26)20-25-24-19-15-23-11-14-27(19)20;/h5-8,17,23H,4,9-15H2,1-3H3;1H. The molecule has 2 aromatic rings. The normalized spacial score (nSPS) is 17.6. The molecule has 0 bridgehead atoms. The van der Waals surface area contributed by atoms with Crippen LogP contribution in [-0.2, 0) is 29.7 Å². The maximum absolute atomic E-state index is 13.3. The summed E-state index contributed by atoms with van der Waals surface area (Å²) in [5.41, 5.74) is 1.90. The number of carbonyl (C=O) groups is 1. The van der Waals surface area contributed by atoms with Gasteiger partial charge in [0.15, 0.2) is 0 Å². The van der Waals surface area contributed by atoms with E-state index in [1.54, 1.807) is 0 Å². The molecule has 0 atom stereocenters. The van der Waals surface area contributed by atoms with Crippen molar-refractivity contribution in [2.24, 2.45) is 0 Å². The SMILES string of the molecule is CCc1ccc(C(C)(C)C(=O)N2CCC(c3nnc4n3CCNC4)CC2)cc1.Cl. The van der Waals surface area contributed by atoms with E-state index in [1.807, 2.05) is 18.7 Å². The number of nitrogens with one attached hydrogen (secondary N) is 1. The third-order valence-electron chi connectivity index (χ3n) is 6.42. The summed E-state index contributed by atoms with van der Waals surface area (Å²) in [6.45, 7) is 10.5. The third-order valence-corrected chi connectivity index (χ3v) is 6.42. The van der Waals surface area contributed by atoms with Crippen molar-refractivity contribution in [2.75, 3.05) is 19.6 Å². The van der Waals surface area contributed by atoms with Crippen LogP contribution in [0.2, 0.25) is 0 Å². The van der Waals surface area contributed by atoms with Gasteiger partial charge < -0.3 is 14.8 Å². The van der Waals surface area contributed by atoms with E-state index in [0.717, 1.165) is 69.2 Å². The van der Waals surface area contributed by atoms with Crippen molar-refractivity contribution in [2.45, 2.75) is 64.5 Å². The number of hydrogen-bond acceptors (Lipinski definition) is 4. The van der Waals surface area contributed by atoms with Crippen LogP contribution in [0.3, 0.4) is 0 Å². The van der Waals surface area contributed by atoms with Crippen LogP contribution in [0.15, 0.2) is 24.3 Å². The number of aromatic nitrogens is 3. The maximum Gasteiger partial charge on any atom is 0.232 e. The maximum atomic E-state index is 13.3. The Hall–Kier alpha value is -1.92. The van der Waals surface area contributed by atoms with Gasteiger partial charge in [-0.15, -0.1) is 22.6 Å². The van der Waals surface area contributed by atoms with Crippen molar-refractivity contribution in [1.82, 2.24) is 25.0 Å². The van der Waals surface area contributed by atoms with Crippen molar-refractivity contribution in [3.63, 3.8) is 0 Å². The fraction of sp³-hybridized carbons (Fsp3) is 0.591. The third kappa shape index (κ3) is 4.19. The van der Waals surface area contributed by atoms with Gasteiger partial charge in [-0.1, -0.05) is 31.2 Å². The summed E-state index contributed by atoms with van der Waals surface area (Å²) < 4.78 is 2.28. The van der Waals surface area contributed by atoms with E-state index in [9.17, 15) is 4.79 Å². The molecule has 6 nitrogen and oxygen atoms in total. The Morgan fingerprint density at radius 3 is 2.48 bits per heavy atom. The molecule has 2 aliphatic heterocycles. The molecule has 0 unspecified atom stereocenters. The summed E-state index contributed by atoms with van der Waals surface area (Å²) in [7, 11) is 0. The van der Waals surface area contributed by atoms with Crippen LogP contribution in [0.4, 0.5) is 0 Å². The zero-order valence-electron chi connectivity index (χ0n) is 17.6. The number of piperidine rings is 1. The molecule has 1 amide bonds. The number of nitrogens with zero attached hydrogens (tertiary/aromatic N) is 4. The predicted molar refractivity (Wildman–Crippen MR) is 116 cm³/mol. The van der Waals surface area contributed by atoms with E-state index in [4.69, 9.17) is 0 Å². The number of likely N-dealkylation sites (tertiary alicyclic amines) is 1. The van der Waals surface area contributed by atoms with Crippen molar-refractivity contribution < 1.29 is 4.79 Å². The lowest BCUT2D eigenvalue weighted by Gasteiger charge is -2.37. The fourth-order valence-electron chi connectivity index (χ4n) is 4.43. The monoisotopic (exact) mass is 417 g/mol. The molecule has 29 heavy (non-hydrogen) atoms. The average Bonchev–Trinajstić information content (AvgIpc) is 3.17. The number of halogens is 1. The molecular weight excluding hydrogens is 386 g/mol. The van der Waals surface area contributed by atoms with Crippen LogP contribution in [0.1, 0.15) is 62.3 Å². The highest BCUT2D eigenvalue weighted by molar-refractivity contribution is 5.87. The van der Waals surface area contributed by atoms with E-state index >= 15 is 0 Å². The second-order valence-electron chi connectivity index (χ2n) is 8.54.